The number of hydrogen-bond acceptors (Lipinski definition) is 3. The maximum Gasteiger partial charge on any atom is 0.435 e. The summed E-state index contributed by atoms with van der Waals surface area (Å²) in [4.78, 5) is 0. The van der Waals surface area contributed by atoms with E-state index in [1.807, 2.05) is 0 Å². The van der Waals surface area contributed by atoms with Gasteiger partial charge in [0.15, 0.2) is 5.69 Å². The Morgan fingerprint density at radius 2 is 1.95 bits per heavy atom. The number of benzene rings is 1. The van der Waals surface area contributed by atoms with Crippen molar-refractivity contribution in [3.63, 3.8) is 0 Å². The fourth-order valence-corrected chi connectivity index (χ4v) is 2.78. The van der Waals surface area contributed by atoms with Crippen molar-refractivity contribution in [3.05, 3.63) is 23.9 Å². The second-order valence-corrected chi connectivity index (χ2v) is 12.1. The fraction of sp³-hybridized carbons (Fsp3) is 0.500. The maximum atomic E-state index is 13.0. The molecule has 0 amide bonds. The summed E-state index contributed by atoms with van der Waals surface area (Å²) >= 11 is 0. The van der Waals surface area contributed by atoms with Crippen molar-refractivity contribution in [2.75, 3.05) is 12.3 Å². The van der Waals surface area contributed by atoms with Crippen molar-refractivity contribution in [3.8, 4) is 0 Å². The molecule has 0 bridgehead atoms. The van der Waals surface area contributed by atoms with Gasteiger partial charge >= 0.3 is 6.18 Å². The number of anilines is 1. The van der Waals surface area contributed by atoms with Crippen LogP contribution in [0.15, 0.2) is 18.2 Å². The molecular weight excluding hydrogens is 311 g/mol. The molecule has 2 rings (SSSR count). The molecule has 0 aliphatic rings. The second kappa shape index (κ2) is 5.92. The lowest BCUT2D eigenvalue weighted by Gasteiger charge is -2.15. The summed E-state index contributed by atoms with van der Waals surface area (Å²) in [5, 5.41) is 3.70. The molecule has 0 saturated carbocycles. The smallest absolute Gasteiger partial charge is 0.399 e. The molecule has 0 saturated heterocycles. The monoisotopic (exact) mass is 331 g/mol. The lowest BCUT2D eigenvalue weighted by Crippen LogP contribution is -2.22. The van der Waals surface area contributed by atoms with Crippen molar-refractivity contribution in [2.24, 2.45) is 0 Å². The lowest BCUT2D eigenvalue weighted by molar-refractivity contribution is -0.140. The number of ether oxygens (including phenoxy) is 1. The number of rotatable bonds is 5. The van der Waals surface area contributed by atoms with E-state index >= 15 is 0 Å². The van der Waals surface area contributed by atoms with Gasteiger partial charge in [0.25, 0.3) is 0 Å². The van der Waals surface area contributed by atoms with E-state index in [4.69, 9.17) is 10.5 Å². The Morgan fingerprint density at radius 3 is 2.55 bits per heavy atom. The molecule has 2 aromatic rings. The highest BCUT2D eigenvalue weighted by Gasteiger charge is 2.36. The van der Waals surface area contributed by atoms with E-state index in [2.05, 4.69) is 24.7 Å². The van der Waals surface area contributed by atoms with Gasteiger partial charge in [-0.05, 0) is 24.2 Å². The van der Waals surface area contributed by atoms with Crippen LogP contribution in [0.2, 0.25) is 25.7 Å². The van der Waals surface area contributed by atoms with Crippen molar-refractivity contribution in [1.82, 2.24) is 9.78 Å². The topological polar surface area (TPSA) is 53.1 Å². The quantitative estimate of drug-likeness (QED) is 0.513. The molecule has 2 N–H and O–H groups in total. The van der Waals surface area contributed by atoms with Gasteiger partial charge in [-0.1, -0.05) is 19.6 Å². The van der Waals surface area contributed by atoms with Crippen LogP contribution in [0.3, 0.4) is 0 Å². The Labute approximate surface area is 128 Å². The highest BCUT2D eigenvalue weighted by molar-refractivity contribution is 6.76. The first-order valence-electron chi connectivity index (χ1n) is 6.99. The molecule has 1 aromatic carbocycles. The fourth-order valence-electron chi connectivity index (χ4n) is 2.03. The van der Waals surface area contributed by atoms with Crippen molar-refractivity contribution in [2.45, 2.75) is 38.6 Å². The van der Waals surface area contributed by atoms with Gasteiger partial charge in [-0.3, -0.25) is 0 Å². The van der Waals surface area contributed by atoms with Gasteiger partial charge < -0.3 is 10.5 Å². The highest BCUT2D eigenvalue weighted by Crippen LogP contribution is 2.34. The third-order valence-corrected chi connectivity index (χ3v) is 4.96. The Kier molecular flexibility index (Phi) is 4.53. The molecule has 8 heteroatoms. The number of hydrogen-bond donors (Lipinski definition) is 1. The van der Waals surface area contributed by atoms with Crippen LogP contribution in [-0.2, 0) is 17.6 Å². The van der Waals surface area contributed by atoms with Crippen LogP contribution in [0.4, 0.5) is 18.9 Å². The zero-order valence-electron chi connectivity index (χ0n) is 12.9. The summed E-state index contributed by atoms with van der Waals surface area (Å²) in [5.41, 5.74) is 5.49. The molecule has 122 valence electrons. The van der Waals surface area contributed by atoms with E-state index < -0.39 is 19.9 Å². The maximum absolute atomic E-state index is 13.0. The van der Waals surface area contributed by atoms with Crippen LogP contribution in [0.25, 0.3) is 10.9 Å². The van der Waals surface area contributed by atoms with Gasteiger partial charge in [0.1, 0.15) is 6.73 Å². The SMILES string of the molecule is C[Si](C)(C)CCOCn1nc(C(F)(F)F)c2ccc(N)cc21. The standard InChI is InChI=1S/C14H20F3N3OSi/c1-22(2,3)7-6-21-9-20-12-8-10(18)4-5-11(12)13(19-20)14(15,16)17/h4-5,8H,6-7,9,18H2,1-3H3. The predicted octanol–water partition coefficient (Wildman–Crippen LogP) is 3.95. The molecule has 4 nitrogen and oxygen atoms in total. The number of aromatic nitrogens is 2. The van der Waals surface area contributed by atoms with E-state index in [-0.39, 0.29) is 12.1 Å². The average molecular weight is 331 g/mol. The van der Waals surface area contributed by atoms with Gasteiger partial charge in [-0.2, -0.15) is 18.3 Å². The highest BCUT2D eigenvalue weighted by atomic mass is 28.3. The predicted molar refractivity (Wildman–Crippen MR) is 83.3 cm³/mol. The van der Waals surface area contributed by atoms with Gasteiger partial charge in [0, 0.05) is 25.8 Å². The van der Waals surface area contributed by atoms with Gasteiger partial charge in [0.05, 0.1) is 5.52 Å². The number of alkyl halides is 3. The zero-order chi connectivity index (χ0) is 16.5. The number of fused-ring (bicyclic) bond motifs is 1. The summed E-state index contributed by atoms with van der Waals surface area (Å²) in [6.07, 6.45) is -4.50. The second-order valence-electron chi connectivity index (χ2n) is 6.47. The van der Waals surface area contributed by atoms with Gasteiger partial charge in [-0.15, -0.1) is 0 Å². The first kappa shape index (κ1) is 16.8. The van der Waals surface area contributed by atoms with Crippen LogP contribution < -0.4 is 5.73 Å². The zero-order valence-corrected chi connectivity index (χ0v) is 13.9. The normalized spacial score (nSPS) is 13.0. The molecule has 0 aliphatic heterocycles. The van der Waals surface area contributed by atoms with Crippen LogP contribution in [-0.4, -0.2) is 24.5 Å². The molecule has 0 aliphatic carbocycles. The molecule has 0 atom stereocenters. The van der Waals surface area contributed by atoms with Crippen LogP contribution >= 0.6 is 0 Å². The van der Waals surface area contributed by atoms with Crippen molar-refractivity contribution in [1.29, 1.82) is 0 Å². The minimum Gasteiger partial charge on any atom is -0.399 e. The largest absolute Gasteiger partial charge is 0.435 e. The number of halogens is 3. The molecule has 0 unspecified atom stereocenters. The molecule has 1 heterocycles. The lowest BCUT2D eigenvalue weighted by atomic mass is 10.2. The molecule has 0 fully saturated rings. The average Bonchev–Trinajstić information content (AvgIpc) is 2.71. The first-order valence-corrected chi connectivity index (χ1v) is 10.7. The molecule has 0 spiro atoms. The third kappa shape index (κ3) is 4.01. The number of nitrogens with two attached hydrogens (primary N) is 1. The Bertz CT molecular complexity index is 662. The summed E-state index contributed by atoms with van der Waals surface area (Å²) in [7, 11) is -1.24. The Balaban J connectivity index is 2.24. The van der Waals surface area contributed by atoms with Crippen molar-refractivity contribution < 1.29 is 17.9 Å². The molecular formula is C14H20F3N3OSi. The summed E-state index contributed by atoms with van der Waals surface area (Å²) in [5.74, 6) is 0. The minimum atomic E-state index is -4.50. The third-order valence-electron chi connectivity index (χ3n) is 3.25. The first-order chi connectivity index (χ1) is 10.1. The van der Waals surface area contributed by atoms with Crippen LogP contribution in [0, 0.1) is 0 Å². The van der Waals surface area contributed by atoms with E-state index in [0.717, 1.165) is 6.04 Å². The number of nitrogens with zero attached hydrogens (tertiary/aromatic N) is 2. The van der Waals surface area contributed by atoms with E-state index in [0.29, 0.717) is 17.8 Å². The summed E-state index contributed by atoms with van der Waals surface area (Å²) in [6, 6.07) is 5.22. The van der Waals surface area contributed by atoms with E-state index in [1.54, 1.807) is 0 Å². The molecule has 0 radical (unpaired) electrons. The van der Waals surface area contributed by atoms with E-state index in [9.17, 15) is 13.2 Å². The summed E-state index contributed by atoms with van der Waals surface area (Å²) < 4.78 is 45.8. The molecule has 22 heavy (non-hydrogen) atoms. The summed E-state index contributed by atoms with van der Waals surface area (Å²) in [6.45, 7) is 7.13. The van der Waals surface area contributed by atoms with E-state index in [1.165, 1.54) is 22.9 Å². The Morgan fingerprint density at radius 1 is 1.27 bits per heavy atom. The van der Waals surface area contributed by atoms with Gasteiger partial charge in [-0.25, -0.2) is 4.68 Å². The Hall–Kier alpha value is -1.54. The minimum absolute atomic E-state index is 0.0134. The van der Waals surface area contributed by atoms with Crippen LogP contribution in [0.5, 0.6) is 0 Å². The number of nitrogen functional groups attached to an aromatic ring is 1. The van der Waals surface area contributed by atoms with Crippen molar-refractivity contribution >= 4 is 24.7 Å². The van der Waals surface area contributed by atoms with Crippen LogP contribution in [0.1, 0.15) is 5.69 Å². The molecule has 1 aromatic heterocycles. The van der Waals surface area contributed by atoms with Gasteiger partial charge in [0.2, 0.25) is 0 Å².